The number of carbonyl (C=O) groups is 1. The van der Waals surface area contributed by atoms with Crippen molar-refractivity contribution in [3.05, 3.63) is 64.3 Å². The summed E-state index contributed by atoms with van der Waals surface area (Å²) in [6.45, 7) is 6.25. The van der Waals surface area contributed by atoms with Crippen LogP contribution in [0.5, 0.6) is 0 Å². The van der Waals surface area contributed by atoms with Crippen LogP contribution in [-0.4, -0.2) is 52.5 Å². The maximum Gasteiger partial charge on any atom is 0.335 e. The van der Waals surface area contributed by atoms with Gasteiger partial charge in [-0.15, -0.1) is 0 Å². The lowest BCUT2D eigenvalue weighted by molar-refractivity contribution is 0.0342. The smallest absolute Gasteiger partial charge is 0.335 e. The number of aromatic amines is 1. The van der Waals surface area contributed by atoms with Gasteiger partial charge in [-0.3, -0.25) is 10.00 Å². The van der Waals surface area contributed by atoms with Gasteiger partial charge in [-0.2, -0.15) is 5.10 Å². The highest BCUT2D eigenvalue weighted by molar-refractivity contribution is 6.00. The van der Waals surface area contributed by atoms with Crippen LogP contribution in [0.2, 0.25) is 0 Å². The topological polar surface area (TPSA) is 78.4 Å². The Morgan fingerprint density at radius 3 is 2.86 bits per heavy atom. The number of nitrogens with one attached hydrogen (secondary N) is 1. The van der Waals surface area contributed by atoms with E-state index in [2.05, 4.69) is 39.4 Å². The molecule has 0 saturated carbocycles. The second kappa shape index (κ2) is 7.96. The van der Waals surface area contributed by atoms with Crippen LogP contribution < -0.4 is 0 Å². The number of ether oxygens (including phenoxy) is 1. The number of nitrogens with zero attached hydrogens (tertiary/aromatic N) is 2. The van der Waals surface area contributed by atoms with Gasteiger partial charge in [0, 0.05) is 25.0 Å². The molecule has 0 radical (unpaired) electrons. The average Bonchev–Trinajstić information content (AvgIpc) is 3.11. The van der Waals surface area contributed by atoms with E-state index < -0.39 is 5.97 Å². The first kappa shape index (κ1) is 18.4. The van der Waals surface area contributed by atoms with Crippen LogP contribution in [0.1, 0.15) is 32.7 Å². The third-order valence-electron chi connectivity index (χ3n) is 5.14. The SMILES string of the molecule is Cc1c(C(=O)O)ccc2[nH]nc(C=Cc3cccc(CN4CCOCC4)c3)c12. The number of benzene rings is 2. The molecule has 0 bridgehead atoms. The fourth-order valence-electron chi connectivity index (χ4n) is 3.65. The Hall–Kier alpha value is -2.96. The molecule has 1 aliphatic rings. The minimum atomic E-state index is -0.925. The molecule has 0 amide bonds. The number of H-pyrrole nitrogens is 1. The molecule has 2 aromatic carbocycles. The van der Waals surface area contributed by atoms with Gasteiger partial charge >= 0.3 is 5.97 Å². The Balaban J connectivity index is 1.58. The van der Waals surface area contributed by atoms with E-state index in [1.807, 2.05) is 19.1 Å². The number of aryl methyl sites for hydroxylation is 1. The number of carboxylic acids is 1. The zero-order chi connectivity index (χ0) is 19.5. The lowest BCUT2D eigenvalue weighted by Crippen LogP contribution is -2.35. The van der Waals surface area contributed by atoms with Gasteiger partial charge in [0.05, 0.1) is 30.0 Å². The Morgan fingerprint density at radius 1 is 1.25 bits per heavy atom. The summed E-state index contributed by atoms with van der Waals surface area (Å²) < 4.78 is 5.41. The highest BCUT2D eigenvalue weighted by Crippen LogP contribution is 2.25. The van der Waals surface area contributed by atoms with Crippen molar-refractivity contribution in [2.24, 2.45) is 0 Å². The predicted molar refractivity (Wildman–Crippen MR) is 109 cm³/mol. The van der Waals surface area contributed by atoms with E-state index in [1.54, 1.807) is 12.1 Å². The van der Waals surface area contributed by atoms with Gasteiger partial charge in [0.25, 0.3) is 0 Å². The molecule has 1 aromatic heterocycles. The minimum Gasteiger partial charge on any atom is -0.478 e. The minimum absolute atomic E-state index is 0.302. The van der Waals surface area contributed by atoms with E-state index in [-0.39, 0.29) is 0 Å². The molecule has 0 atom stereocenters. The van der Waals surface area contributed by atoms with Gasteiger partial charge < -0.3 is 9.84 Å². The summed E-state index contributed by atoms with van der Waals surface area (Å²) in [4.78, 5) is 13.8. The standard InChI is InChI=1S/C22H23N3O3/c1-15-18(22(26)27)6-8-20-21(15)19(23-24-20)7-5-16-3-2-4-17(13-16)14-25-9-11-28-12-10-25/h2-8,13H,9-12,14H2,1H3,(H,23,24)(H,26,27). The first-order chi connectivity index (χ1) is 13.6. The lowest BCUT2D eigenvalue weighted by Gasteiger charge is -2.26. The third kappa shape index (κ3) is 3.83. The second-order valence-electron chi connectivity index (χ2n) is 7.04. The largest absolute Gasteiger partial charge is 0.478 e. The molecule has 2 heterocycles. The fraction of sp³-hybridized carbons (Fsp3) is 0.273. The number of morpholine rings is 1. The van der Waals surface area contributed by atoms with Gasteiger partial charge in [-0.05, 0) is 41.8 Å². The van der Waals surface area contributed by atoms with E-state index >= 15 is 0 Å². The van der Waals surface area contributed by atoms with Gasteiger partial charge in [0.1, 0.15) is 0 Å². The number of hydrogen-bond acceptors (Lipinski definition) is 4. The van der Waals surface area contributed by atoms with Crippen LogP contribution in [0.15, 0.2) is 36.4 Å². The summed E-state index contributed by atoms with van der Waals surface area (Å²) in [6, 6.07) is 11.8. The number of carboxylic acid groups (broad SMARTS) is 1. The van der Waals surface area contributed by atoms with E-state index in [0.717, 1.165) is 60.6 Å². The molecule has 28 heavy (non-hydrogen) atoms. The quantitative estimate of drug-likeness (QED) is 0.711. The Kier molecular flexibility index (Phi) is 5.23. The molecule has 0 aliphatic carbocycles. The Labute approximate surface area is 163 Å². The van der Waals surface area contributed by atoms with E-state index in [9.17, 15) is 9.90 Å². The maximum atomic E-state index is 11.4. The zero-order valence-corrected chi connectivity index (χ0v) is 15.8. The van der Waals surface area contributed by atoms with Crippen LogP contribution >= 0.6 is 0 Å². The molecule has 1 saturated heterocycles. The van der Waals surface area contributed by atoms with Crippen LogP contribution in [0.25, 0.3) is 23.1 Å². The van der Waals surface area contributed by atoms with Crippen LogP contribution in [-0.2, 0) is 11.3 Å². The summed E-state index contributed by atoms with van der Waals surface area (Å²) in [5.41, 5.74) is 4.96. The molecule has 3 aromatic rings. The monoisotopic (exact) mass is 377 g/mol. The number of rotatable bonds is 5. The summed E-state index contributed by atoms with van der Waals surface area (Å²) in [6.07, 6.45) is 3.95. The molecule has 1 fully saturated rings. The Morgan fingerprint density at radius 2 is 2.07 bits per heavy atom. The number of aromatic nitrogens is 2. The highest BCUT2D eigenvalue weighted by atomic mass is 16.5. The lowest BCUT2D eigenvalue weighted by atomic mass is 10.0. The van der Waals surface area contributed by atoms with Crippen LogP contribution in [0.3, 0.4) is 0 Å². The number of hydrogen-bond donors (Lipinski definition) is 2. The normalized spacial score (nSPS) is 15.5. The fourth-order valence-corrected chi connectivity index (χ4v) is 3.65. The Bertz CT molecular complexity index is 1030. The molecule has 144 valence electrons. The van der Waals surface area contributed by atoms with Gasteiger partial charge in [-0.25, -0.2) is 4.79 Å². The summed E-state index contributed by atoms with van der Waals surface area (Å²) >= 11 is 0. The molecule has 6 heteroatoms. The van der Waals surface area contributed by atoms with Gasteiger partial charge in [0.15, 0.2) is 0 Å². The molecule has 6 nitrogen and oxygen atoms in total. The van der Waals surface area contributed by atoms with Crippen LogP contribution in [0.4, 0.5) is 0 Å². The first-order valence-corrected chi connectivity index (χ1v) is 9.40. The van der Waals surface area contributed by atoms with Crippen molar-refractivity contribution in [3.8, 4) is 0 Å². The zero-order valence-electron chi connectivity index (χ0n) is 15.8. The van der Waals surface area contributed by atoms with Gasteiger partial charge in [0.2, 0.25) is 0 Å². The summed E-state index contributed by atoms with van der Waals surface area (Å²) in [7, 11) is 0. The number of fused-ring (bicyclic) bond motifs is 1. The van der Waals surface area contributed by atoms with E-state index in [0.29, 0.717) is 5.56 Å². The van der Waals surface area contributed by atoms with Crippen LogP contribution in [0, 0.1) is 6.92 Å². The van der Waals surface area contributed by atoms with Crippen molar-refractivity contribution >= 4 is 29.0 Å². The molecular formula is C22H23N3O3. The maximum absolute atomic E-state index is 11.4. The third-order valence-corrected chi connectivity index (χ3v) is 5.14. The molecule has 4 rings (SSSR count). The molecule has 0 unspecified atom stereocenters. The van der Waals surface area contributed by atoms with Crippen molar-refractivity contribution < 1.29 is 14.6 Å². The molecule has 0 spiro atoms. The summed E-state index contributed by atoms with van der Waals surface area (Å²) in [5.74, 6) is -0.925. The van der Waals surface area contributed by atoms with Gasteiger partial charge in [-0.1, -0.05) is 30.3 Å². The van der Waals surface area contributed by atoms with E-state index in [1.165, 1.54) is 5.56 Å². The van der Waals surface area contributed by atoms with Crippen molar-refractivity contribution in [1.82, 2.24) is 15.1 Å². The molecule has 1 aliphatic heterocycles. The molecule has 2 N–H and O–H groups in total. The van der Waals surface area contributed by atoms with Crippen molar-refractivity contribution in [2.45, 2.75) is 13.5 Å². The molecular weight excluding hydrogens is 354 g/mol. The predicted octanol–water partition coefficient (Wildman–Crippen LogP) is 3.57. The summed E-state index contributed by atoms with van der Waals surface area (Å²) in [5, 5.41) is 17.6. The van der Waals surface area contributed by atoms with E-state index in [4.69, 9.17) is 4.74 Å². The van der Waals surface area contributed by atoms with Crippen molar-refractivity contribution in [2.75, 3.05) is 26.3 Å². The number of aromatic carboxylic acids is 1. The highest BCUT2D eigenvalue weighted by Gasteiger charge is 2.14. The van der Waals surface area contributed by atoms with Crippen molar-refractivity contribution in [3.63, 3.8) is 0 Å². The first-order valence-electron chi connectivity index (χ1n) is 9.40. The average molecular weight is 377 g/mol. The second-order valence-corrected chi connectivity index (χ2v) is 7.04. The van der Waals surface area contributed by atoms with Crippen molar-refractivity contribution in [1.29, 1.82) is 0 Å².